The standard InChI is InChI=1S/C12H20N4/c1-10-9-16(8-7-15(10)3)12-6-4-5-11(13-2)14-12/h4-6,10H,7-9H2,1-3H3,(H,13,14). The second-order valence-corrected chi connectivity index (χ2v) is 4.41. The third kappa shape index (κ3) is 2.27. The van der Waals surface area contributed by atoms with Gasteiger partial charge in [-0.1, -0.05) is 6.07 Å². The lowest BCUT2D eigenvalue weighted by atomic mass is 10.2. The number of nitrogens with zero attached hydrogens (tertiary/aromatic N) is 3. The Labute approximate surface area is 97.3 Å². The molecule has 0 bridgehead atoms. The van der Waals surface area contributed by atoms with Crippen molar-refractivity contribution in [3.05, 3.63) is 18.2 Å². The molecule has 1 unspecified atom stereocenters. The van der Waals surface area contributed by atoms with Gasteiger partial charge in [-0.3, -0.25) is 0 Å². The molecule has 0 amide bonds. The van der Waals surface area contributed by atoms with Gasteiger partial charge < -0.3 is 15.1 Å². The molecule has 0 aliphatic carbocycles. The van der Waals surface area contributed by atoms with Crippen LogP contribution in [0.1, 0.15) is 6.92 Å². The molecule has 2 rings (SSSR count). The van der Waals surface area contributed by atoms with Crippen LogP contribution in [0.5, 0.6) is 0 Å². The van der Waals surface area contributed by atoms with Gasteiger partial charge in [-0.25, -0.2) is 4.98 Å². The summed E-state index contributed by atoms with van der Waals surface area (Å²) < 4.78 is 0. The number of rotatable bonds is 2. The molecule has 0 saturated carbocycles. The maximum atomic E-state index is 4.57. The molecule has 0 aromatic carbocycles. The van der Waals surface area contributed by atoms with Gasteiger partial charge in [-0.05, 0) is 26.1 Å². The number of hydrogen-bond donors (Lipinski definition) is 1. The number of anilines is 2. The van der Waals surface area contributed by atoms with Crippen molar-refractivity contribution in [3.63, 3.8) is 0 Å². The van der Waals surface area contributed by atoms with E-state index < -0.39 is 0 Å². The predicted molar refractivity (Wildman–Crippen MR) is 68.1 cm³/mol. The quantitative estimate of drug-likeness (QED) is 0.813. The molecule has 88 valence electrons. The molecular formula is C12H20N4. The molecule has 0 spiro atoms. The normalized spacial score (nSPS) is 22.2. The van der Waals surface area contributed by atoms with Crippen molar-refractivity contribution in [3.8, 4) is 0 Å². The van der Waals surface area contributed by atoms with Crippen LogP contribution in [0.15, 0.2) is 18.2 Å². The summed E-state index contributed by atoms with van der Waals surface area (Å²) in [5, 5.41) is 3.08. The Balaban J connectivity index is 2.12. The molecule has 16 heavy (non-hydrogen) atoms. The molecule has 2 heterocycles. The molecule has 1 saturated heterocycles. The minimum absolute atomic E-state index is 0.591. The van der Waals surface area contributed by atoms with Crippen molar-refractivity contribution in [1.29, 1.82) is 0 Å². The highest BCUT2D eigenvalue weighted by atomic mass is 15.3. The fraction of sp³-hybridized carbons (Fsp3) is 0.583. The van der Waals surface area contributed by atoms with Crippen LogP contribution in [-0.2, 0) is 0 Å². The summed E-state index contributed by atoms with van der Waals surface area (Å²) in [5.74, 6) is 2.01. The third-order valence-corrected chi connectivity index (χ3v) is 3.27. The topological polar surface area (TPSA) is 31.4 Å². The van der Waals surface area contributed by atoms with Gasteiger partial charge in [0, 0.05) is 32.7 Å². The maximum absolute atomic E-state index is 4.57. The Hall–Kier alpha value is -1.29. The Morgan fingerprint density at radius 2 is 2.19 bits per heavy atom. The zero-order chi connectivity index (χ0) is 11.5. The van der Waals surface area contributed by atoms with Crippen molar-refractivity contribution in [2.24, 2.45) is 0 Å². The number of piperazine rings is 1. The first-order chi connectivity index (χ1) is 7.70. The fourth-order valence-electron chi connectivity index (χ4n) is 2.00. The van der Waals surface area contributed by atoms with Gasteiger partial charge in [0.15, 0.2) is 0 Å². The van der Waals surface area contributed by atoms with Gasteiger partial charge in [0.05, 0.1) is 0 Å². The summed E-state index contributed by atoms with van der Waals surface area (Å²) in [6.07, 6.45) is 0. The molecule has 4 nitrogen and oxygen atoms in total. The van der Waals surface area contributed by atoms with Gasteiger partial charge in [-0.2, -0.15) is 0 Å². The van der Waals surface area contributed by atoms with Crippen molar-refractivity contribution >= 4 is 11.6 Å². The summed E-state index contributed by atoms with van der Waals surface area (Å²) in [6, 6.07) is 6.72. The zero-order valence-electron chi connectivity index (χ0n) is 10.3. The van der Waals surface area contributed by atoms with Crippen molar-refractivity contribution in [2.75, 3.05) is 43.9 Å². The summed E-state index contributed by atoms with van der Waals surface area (Å²) >= 11 is 0. The average Bonchev–Trinajstić information content (AvgIpc) is 2.33. The molecule has 1 aromatic heterocycles. The Bertz CT molecular complexity index is 353. The van der Waals surface area contributed by atoms with Crippen LogP contribution in [-0.4, -0.2) is 49.7 Å². The van der Waals surface area contributed by atoms with E-state index in [1.54, 1.807) is 0 Å². The van der Waals surface area contributed by atoms with Gasteiger partial charge in [0.25, 0.3) is 0 Å². The fourth-order valence-corrected chi connectivity index (χ4v) is 2.00. The third-order valence-electron chi connectivity index (χ3n) is 3.27. The smallest absolute Gasteiger partial charge is 0.131 e. The molecule has 1 aliphatic rings. The minimum Gasteiger partial charge on any atom is -0.373 e. The molecule has 1 aromatic rings. The van der Waals surface area contributed by atoms with E-state index in [-0.39, 0.29) is 0 Å². The summed E-state index contributed by atoms with van der Waals surface area (Å²) in [5.41, 5.74) is 0. The van der Waals surface area contributed by atoms with E-state index >= 15 is 0 Å². The van der Waals surface area contributed by atoms with E-state index in [4.69, 9.17) is 0 Å². The van der Waals surface area contributed by atoms with E-state index in [2.05, 4.69) is 46.2 Å². The first-order valence-electron chi connectivity index (χ1n) is 5.80. The second-order valence-electron chi connectivity index (χ2n) is 4.41. The average molecular weight is 220 g/mol. The monoisotopic (exact) mass is 220 g/mol. The molecule has 1 fully saturated rings. The van der Waals surface area contributed by atoms with Crippen LogP contribution in [0.3, 0.4) is 0 Å². The van der Waals surface area contributed by atoms with E-state index in [1.165, 1.54) is 0 Å². The van der Waals surface area contributed by atoms with Crippen LogP contribution in [0.4, 0.5) is 11.6 Å². The number of pyridine rings is 1. The molecule has 4 heteroatoms. The number of nitrogens with one attached hydrogen (secondary N) is 1. The number of likely N-dealkylation sites (N-methyl/N-ethyl adjacent to an activating group) is 1. The van der Waals surface area contributed by atoms with Crippen LogP contribution in [0.25, 0.3) is 0 Å². The molecule has 1 aliphatic heterocycles. The maximum Gasteiger partial charge on any atom is 0.131 e. The van der Waals surface area contributed by atoms with E-state index in [0.717, 1.165) is 31.3 Å². The van der Waals surface area contributed by atoms with E-state index in [1.807, 2.05) is 13.1 Å². The van der Waals surface area contributed by atoms with Crippen molar-refractivity contribution < 1.29 is 0 Å². The highest BCUT2D eigenvalue weighted by Gasteiger charge is 2.21. The van der Waals surface area contributed by atoms with Crippen LogP contribution in [0, 0.1) is 0 Å². The van der Waals surface area contributed by atoms with Crippen LogP contribution >= 0.6 is 0 Å². The van der Waals surface area contributed by atoms with Gasteiger partial charge in [-0.15, -0.1) is 0 Å². The number of aromatic nitrogens is 1. The first kappa shape index (κ1) is 11.2. The van der Waals surface area contributed by atoms with Gasteiger partial charge >= 0.3 is 0 Å². The van der Waals surface area contributed by atoms with Gasteiger partial charge in [0.2, 0.25) is 0 Å². The van der Waals surface area contributed by atoms with Gasteiger partial charge in [0.1, 0.15) is 11.6 Å². The SMILES string of the molecule is CNc1cccc(N2CCN(C)C(C)C2)n1. The first-order valence-corrected chi connectivity index (χ1v) is 5.80. The van der Waals surface area contributed by atoms with Crippen LogP contribution in [0.2, 0.25) is 0 Å². The highest BCUT2D eigenvalue weighted by molar-refractivity contribution is 5.47. The van der Waals surface area contributed by atoms with Crippen molar-refractivity contribution in [1.82, 2.24) is 9.88 Å². The largest absolute Gasteiger partial charge is 0.373 e. The van der Waals surface area contributed by atoms with E-state index in [9.17, 15) is 0 Å². The summed E-state index contributed by atoms with van der Waals surface area (Å²) in [6.45, 7) is 5.47. The minimum atomic E-state index is 0.591. The molecule has 1 atom stereocenters. The molecule has 0 radical (unpaired) electrons. The van der Waals surface area contributed by atoms with E-state index in [0.29, 0.717) is 6.04 Å². The summed E-state index contributed by atoms with van der Waals surface area (Å²) in [4.78, 5) is 9.31. The highest BCUT2D eigenvalue weighted by Crippen LogP contribution is 2.17. The van der Waals surface area contributed by atoms with Crippen LogP contribution < -0.4 is 10.2 Å². The Morgan fingerprint density at radius 1 is 1.38 bits per heavy atom. The predicted octanol–water partition coefficient (Wildman–Crippen LogP) is 1.26. The lowest BCUT2D eigenvalue weighted by Crippen LogP contribution is -2.50. The second kappa shape index (κ2) is 4.70. The molecular weight excluding hydrogens is 200 g/mol. The Morgan fingerprint density at radius 3 is 2.88 bits per heavy atom. The summed E-state index contributed by atoms with van der Waals surface area (Å²) in [7, 11) is 4.08. The lowest BCUT2D eigenvalue weighted by molar-refractivity contribution is 0.233. The Kier molecular flexibility index (Phi) is 3.29. The van der Waals surface area contributed by atoms with Crippen molar-refractivity contribution in [2.45, 2.75) is 13.0 Å². The molecule has 1 N–H and O–H groups in total. The zero-order valence-corrected chi connectivity index (χ0v) is 10.3. The number of hydrogen-bond acceptors (Lipinski definition) is 4. The lowest BCUT2D eigenvalue weighted by Gasteiger charge is -2.38.